The molecule has 0 aliphatic rings. The molecule has 6 heteroatoms. The number of amides is 1. The monoisotopic (exact) mass is 340 g/mol. The number of hydrogen-bond donors (Lipinski definition) is 2. The van der Waals surface area contributed by atoms with Crippen LogP contribution in [0.25, 0.3) is 0 Å². The zero-order chi connectivity index (χ0) is 14.7. The van der Waals surface area contributed by atoms with Crippen molar-refractivity contribution in [3.63, 3.8) is 0 Å². The lowest BCUT2D eigenvalue weighted by Gasteiger charge is -2.08. The molecule has 20 heavy (non-hydrogen) atoms. The van der Waals surface area contributed by atoms with Gasteiger partial charge in [0.05, 0.1) is 6.42 Å². The number of carbonyl (C=O) groups excluding carboxylic acids is 1. The molecule has 1 amide bonds. The van der Waals surface area contributed by atoms with E-state index in [1.54, 1.807) is 24.3 Å². The molecule has 3 N–H and O–H groups in total. The highest BCUT2D eigenvalue weighted by Gasteiger charge is 2.13. The fourth-order valence-electron chi connectivity index (χ4n) is 1.67. The lowest BCUT2D eigenvalue weighted by molar-refractivity contribution is -0.115. The van der Waals surface area contributed by atoms with Gasteiger partial charge in [-0.1, -0.05) is 28.1 Å². The third-order valence-corrected chi connectivity index (χ3v) is 3.07. The summed E-state index contributed by atoms with van der Waals surface area (Å²) in [6, 6.07) is 8.85. The summed E-state index contributed by atoms with van der Waals surface area (Å²) in [5.41, 5.74) is 6.37. The van der Waals surface area contributed by atoms with E-state index in [2.05, 4.69) is 21.2 Å². The molecule has 2 rings (SSSR count). The Morgan fingerprint density at radius 1 is 1.15 bits per heavy atom. The van der Waals surface area contributed by atoms with Gasteiger partial charge in [0.15, 0.2) is 11.6 Å². The number of nitrogens with two attached hydrogens (primary N) is 1. The van der Waals surface area contributed by atoms with Crippen LogP contribution in [0.5, 0.6) is 0 Å². The molecule has 2 aromatic rings. The van der Waals surface area contributed by atoms with E-state index in [1.807, 2.05) is 0 Å². The van der Waals surface area contributed by atoms with Crippen LogP contribution in [0.1, 0.15) is 5.56 Å². The molecule has 0 saturated heterocycles. The van der Waals surface area contributed by atoms with Gasteiger partial charge < -0.3 is 11.1 Å². The molecular weight excluding hydrogens is 330 g/mol. The van der Waals surface area contributed by atoms with Gasteiger partial charge in [0.25, 0.3) is 0 Å². The highest BCUT2D eigenvalue weighted by molar-refractivity contribution is 9.10. The van der Waals surface area contributed by atoms with E-state index in [-0.39, 0.29) is 10.9 Å². The summed E-state index contributed by atoms with van der Waals surface area (Å²) in [5, 5.41) is 2.23. The fraction of sp³-hybridized carbons (Fsp3) is 0.0714. The lowest BCUT2D eigenvalue weighted by Crippen LogP contribution is -2.16. The van der Waals surface area contributed by atoms with E-state index in [0.717, 1.165) is 12.1 Å². The maximum atomic E-state index is 13.6. The molecule has 0 fully saturated rings. The molecule has 2 aromatic carbocycles. The van der Waals surface area contributed by atoms with E-state index < -0.39 is 23.2 Å². The summed E-state index contributed by atoms with van der Waals surface area (Å²) >= 11 is 2.97. The average molecular weight is 341 g/mol. The number of anilines is 2. The average Bonchev–Trinajstić information content (AvgIpc) is 2.36. The smallest absolute Gasteiger partial charge is 0.228 e. The minimum atomic E-state index is -0.831. The predicted octanol–water partition coefficient (Wildman–Crippen LogP) is 3.49. The third kappa shape index (κ3) is 3.54. The molecule has 0 aliphatic heterocycles. The van der Waals surface area contributed by atoms with Crippen molar-refractivity contribution in [1.82, 2.24) is 0 Å². The van der Waals surface area contributed by atoms with E-state index in [1.165, 1.54) is 0 Å². The fourth-order valence-corrected chi connectivity index (χ4v) is 2.07. The second-order valence-electron chi connectivity index (χ2n) is 4.21. The number of rotatable bonds is 3. The summed E-state index contributed by atoms with van der Waals surface area (Å²) in [5.74, 6) is -2.17. The van der Waals surface area contributed by atoms with Crippen molar-refractivity contribution < 1.29 is 13.6 Å². The van der Waals surface area contributed by atoms with Gasteiger partial charge in [-0.2, -0.15) is 0 Å². The highest BCUT2D eigenvalue weighted by atomic mass is 79.9. The van der Waals surface area contributed by atoms with Gasteiger partial charge in [0.2, 0.25) is 5.91 Å². The van der Waals surface area contributed by atoms with Gasteiger partial charge in [0.1, 0.15) is 5.69 Å². The van der Waals surface area contributed by atoms with Gasteiger partial charge >= 0.3 is 0 Å². The molecule has 0 spiro atoms. The van der Waals surface area contributed by atoms with Crippen molar-refractivity contribution in [3.05, 3.63) is 58.1 Å². The normalized spacial score (nSPS) is 10.3. The number of nitrogen functional groups attached to an aromatic ring is 1. The van der Waals surface area contributed by atoms with Crippen LogP contribution >= 0.6 is 15.9 Å². The maximum absolute atomic E-state index is 13.6. The van der Waals surface area contributed by atoms with Gasteiger partial charge in [-0.25, -0.2) is 8.78 Å². The Hall–Kier alpha value is -1.95. The summed E-state index contributed by atoms with van der Waals surface area (Å²) < 4.78 is 27.4. The van der Waals surface area contributed by atoms with Crippen LogP contribution in [0, 0.1) is 11.6 Å². The summed E-state index contributed by atoms with van der Waals surface area (Å²) in [7, 11) is 0. The molecule has 0 atom stereocenters. The van der Waals surface area contributed by atoms with Crippen LogP contribution in [0.3, 0.4) is 0 Å². The van der Waals surface area contributed by atoms with Crippen molar-refractivity contribution in [1.29, 1.82) is 0 Å². The van der Waals surface area contributed by atoms with Crippen molar-refractivity contribution >= 4 is 33.2 Å². The van der Waals surface area contributed by atoms with Crippen LogP contribution in [0.2, 0.25) is 0 Å². The second-order valence-corrected chi connectivity index (χ2v) is 5.13. The van der Waals surface area contributed by atoms with Gasteiger partial charge in [-0.3, -0.25) is 4.79 Å². The molecular formula is C14H11BrF2N2O. The number of nitrogens with one attached hydrogen (secondary N) is 1. The first-order valence-electron chi connectivity index (χ1n) is 5.74. The van der Waals surface area contributed by atoms with Gasteiger partial charge in [0, 0.05) is 10.2 Å². The van der Waals surface area contributed by atoms with Crippen LogP contribution in [-0.4, -0.2) is 5.91 Å². The minimum Gasteiger partial charge on any atom is -0.399 e. The van der Waals surface area contributed by atoms with E-state index >= 15 is 0 Å². The Labute approximate surface area is 122 Å². The number of halogens is 3. The number of benzene rings is 2. The van der Waals surface area contributed by atoms with Crippen molar-refractivity contribution in [2.24, 2.45) is 0 Å². The van der Waals surface area contributed by atoms with Crippen LogP contribution in [0.4, 0.5) is 20.2 Å². The molecule has 0 unspecified atom stereocenters. The van der Waals surface area contributed by atoms with Gasteiger partial charge in [-0.05, 0) is 29.8 Å². The Kier molecular flexibility index (Phi) is 4.34. The molecule has 0 bridgehead atoms. The first-order valence-corrected chi connectivity index (χ1v) is 6.54. The summed E-state index contributed by atoms with van der Waals surface area (Å²) in [6.07, 6.45) is 0.00915. The lowest BCUT2D eigenvalue weighted by atomic mass is 10.1. The topological polar surface area (TPSA) is 55.1 Å². The first-order chi connectivity index (χ1) is 9.45. The number of hydrogen-bond acceptors (Lipinski definition) is 2. The maximum Gasteiger partial charge on any atom is 0.228 e. The van der Waals surface area contributed by atoms with E-state index in [0.29, 0.717) is 11.3 Å². The summed E-state index contributed by atoms with van der Waals surface area (Å²) in [4.78, 5) is 11.8. The Balaban J connectivity index is 2.10. The van der Waals surface area contributed by atoms with Gasteiger partial charge in [-0.15, -0.1) is 0 Å². The predicted molar refractivity (Wildman–Crippen MR) is 77.2 cm³/mol. The van der Waals surface area contributed by atoms with Crippen LogP contribution in [-0.2, 0) is 11.2 Å². The minimum absolute atomic E-state index is 0.00915. The molecule has 0 heterocycles. The third-order valence-electron chi connectivity index (χ3n) is 2.62. The van der Waals surface area contributed by atoms with Crippen LogP contribution in [0.15, 0.2) is 40.9 Å². The standard InChI is InChI=1S/C14H11BrF2N2O/c15-9-6-11(16)14(12(17)7-9)19-13(20)5-8-1-3-10(18)4-2-8/h1-4,6-7H,5,18H2,(H,19,20). The Morgan fingerprint density at radius 2 is 1.70 bits per heavy atom. The zero-order valence-electron chi connectivity index (χ0n) is 10.3. The molecule has 0 aliphatic carbocycles. The SMILES string of the molecule is Nc1ccc(CC(=O)Nc2c(F)cc(Br)cc2F)cc1. The second kappa shape index (κ2) is 6.00. The van der Waals surface area contributed by atoms with Crippen molar-refractivity contribution in [2.45, 2.75) is 6.42 Å². The quantitative estimate of drug-likeness (QED) is 0.840. The first kappa shape index (κ1) is 14.5. The highest BCUT2D eigenvalue weighted by Crippen LogP contribution is 2.23. The zero-order valence-corrected chi connectivity index (χ0v) is 11.9. The van der Waals surface area contributed by atoms with E-state index in [9.17, 15) is 13.6 Å². The Morgan fingerprint density at radius 3 is 2.25 bits per heavy atom. The molecule has 3 nitrogen and oxygen atoms in total. The van der Waals surface area contributed by atoms with E-state index in [4.69, 9.17) is 5.73 Å². The molecule has 104 valence electrons. The largest absolute Gasteiger partial charge is 0.399 e. The molecule has 0 saturated carbocycles. The number of carbonyl (C=O) groups is 1. The van der Waals surface area contributed by atoms with Crippen molar-refractivity contribution in [3.8, 4) is 0 Å². The Bertz CT molecular complexity index is 621. The van der Waals surface area contributed by atoms with Crippen molar-refractivity contribution in [2.75, 3.05) is 11.1 Å². The molecule has 0 aromatic heterocycles. The molecule has 0 radical (unpaired) electrons. The van der Waals surface area contributed by atoms with Crippen LogP contribution < -0.4 is 11.1 Å². The summed E-state index contributed by atoms with van der Waals surface area (Å²) in [6.45, 7) is 0.